The highest BCUT2D eigenvalue weighted by Crippen LogP contribution is 2.40. The van der Waals surface area contributed by atoms with Gasteiger partial charge in [-0.1, -0.05) is 24.3 Å². The minimum Gasteiger partial charge on any atom is -0.494 e. The summed E-state index contributed by atoms with van der Waals surface area (Å²) >= 11 is 6.25. The molecular formula is C24H20F6N2O2S2. The third-order valence-electron chi connectivity index (χ3n) is 5.63. The fourth-order valence-electron chi connectivity index (χ4n) is 3.84. The SMILES string of the molecule is Oc1[nH]c(=S)sc1C(=CCN1CCOCC1)c1cccc(-c2cc(C(F)(F)F)cc(C(F)(F)F)c2)c1. The van der Waals surface area contributed by atoms with Crippen molar-refractivity contribution < 1.29 is 36.2 Å². The number of nitrogens with zero attached hydrogens (tertiary/aromatic N) is 1. The number of morpholine rings is 1. The Bertz CT molecular complexity index is 1290. The van der Waals surface area contributed by atoms with Gasteiger partial charge in [0.15, 0.2) is 3.95 Å². The molecule has 0 radical (unpaired) electrons. The molecule has 192 valence electrons. The molecule has 0 saturated carbocycles. The predicted molar refractivity (Wildman–Crippen MR) is 127 cm³/mol. The smallest absolute Gasteiger partial charge is 0.416 e. The number of H-pyrrole nitrogens is 1. The molecule has 4 rings (SSSR count). The number of alkyl halides is 6. The van der Waals surface area contributed by atoms with Gasteiger partial charge in [0, 0.05) is 25.2 Å². The van der Waals surface area contributed by atoms with Crippen molar-refractivity contribution >= 4 is 29.1 Å². The van der Waals surface area contributed by atoms with Crippen molar-refractivity contribution in [3.05, 3.63) is 74.1 Å². The summed E-state index contributed by atoms with van der Waals surface area (Å²) in [6.45, 7) is 3.04. The number of aromatic amines is 1. The van der Waals surface area contributed by atoms with E-state index in [1.54, 1.807) is 12.1 Å². The normalized spacial score (nSPS) is 15.9. The van der Waals surface area contributed by atoms with Crippen LogP contribution in [-0.2, 0) is 17.1 Å². The van der Waals surface area contributed by atoms with E-state index in [-0.39, 0.29) is 23.1 Å². The number of rotatable bonds is 5. The lowest BCUT2D eigenvalue weighted by Crippen LogP contribution is -2.36. The molecule has 0 amide bonds. The molecule has 0 atom stereocenters. The number of thiazole rings is 1. The molecule has 3 aromatic rings. The fraction of sp³-hybridized carbons (Fsp3) is 0.292. The topological polar surface area (TPSA) is 48.5 Å². The van der Waals surface area contributed by atoms with Crippen molar-refractivity contribution in [2.24, 2.45) is 0 Å². The van der Waals surface area contributed by atoms with E-state index < -0.39 is 23.5 Å². The van der Waals surface area contributed by atoms with E-state index in [1.165, 1.54) is 12.1 Å². The Hall–Kier alpha value is -2.67. The Morgan fingerprint density at radius 1 is 1.00 bits per heavy atom. The Labute approximate surface area is 211 Å². The van der Waals surface area contributed by atoms with E-state index in [2.05, 4.69) is 9.88 Å². The average Bonchev–Trinajstić information content (AvgIpc) is 3.16. The van der Waals surface area contributed by atoms with Gasteiger partial charge in [-0.2, -0.15) is 26.3 Å². The molecule has 1 aromatic heterocycles. The van der Waals surface area contributed by atoms with Crippen LogP contribution >= 0.6 is 23.6 Å². The highest BCUT2D eigenvalue weighted by molar-refractivity contribution is 7.73. The van der Waals surface area contributed by atoms with Gasteiger partial charge < -0.3 is 14.8 Å². The van der Waals surface area contributed by atoms with Gasteiger partial charge >= 0.3 is 12.4 Å². The second-order valence-electron chi connectivity index (χ2n) is 8.10. The molecule has 0 unspecified atom stereocenters. The van der Waals surface area contributed by atoms with Gasteiger partial charge in [0.05, 0.1) is 29.2 Å². The second-order valence-corrected chi connectivity index (χ2v) is 9.79. The number of benzene rings is 2. The van der Waals surface area contributed by atoms with Crippen molar-refractivity contribution in [2.45, 2.75) is 12.4 Å². The zero-order chi connectivity index (χ0) is 26.1. The molecule has 0 bridgehead atoms. The average molecular weight is 547 g/mol. The Morgan fingerprint density at radius 3 is 2.19 bits per heavy atom. The molecule has 12 heteroatoms. The Balaban J connectivity index is 1.80. The van der Waals surface area contributed by atoms with Crippen molar-refractivity contribution in [3.8, 4) is 17.0 Å². The van der Waals surface area contributed by atoms with E-state index in [9.17, 15) is 31.4 Å². The van der Waals surface area contributed by atoms with Crippen LogP contribution < -0.4 is 0 Å². The van der Waals surface area contributed by atoms with Crippen LogP contribution in [0.3, 0.4) is 0 Å². The molecule has 1 saturated heterocycles. The monoisotopic (exact) mass is 546 g/mol. The molecule has 36 heavy (non-hydrogen) atoms. The maximum atomic E-state index is 13.4. The van der Waals surface area contributed by atoms with Crippen LogP contribution in [0.5, 0.6) is 5.88 Å². The van der Waals surface area contributed by atoms with Crippen molar-refractivity contribution in [2.75, 3.05) is 32.8 Å². The lowest BCUT2D eigenvalue weighted by molar-refractivity contribution is -0.143. The number of aromatic hydroxyl groups is 1. The van der Waals surface area contributed by atoms with E-state index >= 15 is 0 Å². The zero-order valence-electron chi connectivity index (χ0n) is 18.5. The van der Waals surface area contributed by atoms with Gasteiger partial charge in [0.25, 0.3) is 0 Å². The number of hydrogen-bond donors (Lipinski definition) is 2. The van der Waals surface area contributed by atoms with Gasteiger partial charge in [0.2, 0.25) is 5.88 Å². The molecule has 2 aromatic carbocycles. The molecular weight excluding hydrogens is 526 g/mol. The summed E-state index contributed by atoms with van der Waals surface area (Å²) in [6.07, 6.45) is -8.05. The van der Waals surface area contributed by atoms with Crippen LogP contribution in [0.2, 0.25) is 0 Å². The summed E-state index contributed by atoms with van der Waals surface area (Å²) in [6, 6.07) is 7.66. The van der Waals surface area contributed by atoms with Crippen LogP contribution in [0.1, 0.15) is 21.6 Å². The molecule has 0 spiro atoms. The van der Waals surface area contributed by atoms with Crippen LogP contribution in [-0.4, -0.2) is 47.8 Å². The first-order valence-corrected chi connectivity index (χ1v) is 12.0. The van der Waals surface area contributed by atoms with Crippen LogP contribution in [0, 0.1) is 3.95 Å². The summed E-state index contributed by atoms with van der Waals surface area (Å²) in [5.74, 6) is -0.165. The summed E-state index contributed by atoms with van der Waals surface area (Å²) in [5.41, 5.74) is -1.77. The first kappa shape index (κ1) is 26.4. The maximum Gasteiger partial charge on any atom is 0.416 e. The summed E-state index contributed by atoms with van der Waals surface area (Å²) in [7, 11) is 0. The lowest BCUT2D eigenvalue weighted by Gasteiger charge is -2.25. The largest absolute Gasteiger partial charge is 0.494 e. The molecule has 0 aliphatic carbocycles. The van der Waals surface area contributed by atoms with Crippen LogP contribution in [0.15, 0.2) is 48.5 Å². The quantitative estimate of drug-likeness (QED) is 0.268. The van der Waals surface area contributed by atoms with Gasteiger partial charge in [-0.3, -0.25) is 4.90 Å². The highest BCUT2D eigenvalue weighted by Gasteiger charge is 2.37. The minimum atomic E-state index is -4.95. The standard InChI is InChI=1S/C24H20F6N2O2S2/c25-23(26,27)17-11-16(12-18(13-17)24(28,29)30)14-2-1-3-15(10-14)19(20-21(33)31-22(35)36-20)4-5-32-6-8-34-9-7-32/h1-4,10-13,33H,5-9H2,(H,31,35). The van der Waals surface area contributed by atoms with Gasteiger partial charge in [-0.05, 0) is 53.2 Å². The van der Waals surface area contributed by atoms with Gasteiger partial charge in [0.1, 0.15) is 0 Å². The molecule has 2 N–H and O–H groups in total. The van der Waals surface area contributed by atoms with E-state index in [0.29, 0.717) is 64.9 Å². The molecule has 2 heterocycles. The molecule has 1 fully saturated rings. The first-order chi connectivity index (χ1) is 16.9. The first-order valence-electron chi connectivity index (χ1n) is 10.7. The van der Waals surface area contributed by atoms with Crippen LogP contribution in [0.4, 0.5) is 26.3 Å². The van der Waals surface area contributed by atoms with E-state index in [1.807, 2.05) is 6.08 Å². The fourth-order valence-corrected chi connectivity index (χ4v) is 4.97. The lowest BCUT2D eigenvalue weighted by atomic mass is 9.95. The van der Waals surface area contributed by atoms with Gasteiger partial charge in [-0.15, -0.1) is 11.3 Å². The minimum absolute atomic E-state index is 0.103. The van der Waals surface area contributed by atoms with E-state index in [4.69, 9.17) is 17.0 Å². The number of aromatic nitrogens is 1. The molecule has 1 aliphatic heterocycles. The number of ether oxygens (including phenoxy) is 1. The van der Waals surface area contributed by atoms with Crippen molar-refractivity contribution in [1.82, 2.24) is 9.88 Å². The summed E-state index contributed by atoms with van der Waals surface area (Å²) in [5, 5.41) is 10.4. The van der Waals surface area contributed by atoms with Crippen LogP contribution in [0.25, 0.3) is 16.7 Å². The van der Waals surface area contributed by atoms with Crippen molar-refractivity contribution in [1.29, 1.82) is 0 Å². The zero-order valence-corrected chi connectivity index (χ0v) is 20.2. The van der Waals surface area contributed by atoms with Gasteiger partial charge in [-0.25, -0.2) is 0 Å². The van der Waals surface area contributed by atoms with E-state index in [0.717, 1.165) is 11.3 Å². The molecule has 1 aliphatic rings. The second kappa shape index (κ2) is 10.4. The number of halogens is 6. The van der Waals surface area contributed by atoms with Crippen molar-refractivity contribution in [3.63, 3.8) is 0 Å². The Morgan fingerprint density at radius 2 is 1.64 bits per heavy atom. The highest BCUT2D eigenvalue weighted by atomic mass is 32.1. The summed E-state index contributed by atoms with van der Waals surface area (Å²) in [4.78, 5) is 5.20. The summed E-state index contributed by atoms with van der Waals surface area (Å²) < 4.78 is 85.9. The third kappa shape index (κ3) is 6.17. The molecule has 4 nitrogen and oxygen atoms in total. The predicted octanol–water partition coefficient (Wildman–Crippen LogP) is 6.98. The Kier molecular flexibility index (Phi) is 7.60. The number of hydrogen-bond acceptors (Lipinski definition) is 5. The maximum absolute atomic E-state index is 13.4. The number of nitrogens with one attached hydrogen (secondary N) is 1. The third-order valence-corrected chi connectivity index (χ3v) is 6.88.